The first-order valence-corrected chi connectivity index (χ1v) is 8.44. The number of benzene rings is 1. The molecule has 0 radical (unpaired) electrons. The van der Waals surface area contributed by atoms with Gasteiger partial charge in [0.25, 0.3) is 11.7 Å². The topological polar surface area (TPSA) is 46.9 Å². The van der Waals surface area contributed by atoms with Crippen LogP contribution in [0.25, 0.3) is 0 Å². The molecule has 1 saturated heterocycles. The number of hydrogen-bond acceptors (Lipinski definition) is 3. The number of ether oxygens (including phenoxy) is 1. The Hall–Kier alpha value is -2.27. The highest BCUT2D eigenvalue weighted by molar-refractivity contribution is 6.30. The van der Waals surface area contributed by atoms with E-state index in [9.17, 15) is 4.79 Å². The van der Waals surface area contributed by atoms with Gasteiger partial charge in [-0.25, -0.2) is 4.98 Å². The van der Waals surface area contributed by atoms with E-state index < -0.39 is 6.10 Å². The molecule has 0 bridgehead atoms. The van der Waals surface area contributed by atoms with Crippen molar-refractivity contribution in [2.24, 2.45) is 0 Å². The quantitative estimate of drug-likeness (QED) is 0.853. The van der Waals surface area contributed by atoms with E-state index in [1.807, 2.05) is 35.4 Å². The third-order valence-electron chi connectivity index (χ3n) is 4.08. The summed E-state index contributed by atoms with van der Waals surface area (Å²) >= 11 is 5.95. The van der Waals surface area contributed by atoms with Crippen molar-refractivity contribution >= 4 is 23.3 Å². The van der Waals surface area contributed by atoms with Crippen LogP contribution in [0.4, 0.5) is 5.82 Å². The summed E-state index contributed by atoms with van der Waals surface area (Å²) in [6, 6.07) is 13.1. The maximum atomic E-state index is 12.6. The molecule has 1 aliphatic heterocycles. The highest BCUT2D eigenvalue weighted by Crippen LogP contribution is 2.19. The van der Waals surface area contributed by atoms with Crippen molar-refractivity contribution in [3.05, 3.63) is 53.7 Å². The first-order chi connectivity index (χ1) is 11.6. The number of nitrogens with one attached hydrogen (secondary N) is 1. The first-order valence-electron chi connectivity index (χ1n) is 8.06. The number of pyridine rings is 1. The fourth-order valence-electron chi connectivity index (χ4n) is 2.80. The van der Waals surface area contributed by atoms with E-state index in [2.05, 4.69) is 9.88 Å². The number of H-pyrrole nitrogens is 1. The average molecular weight is 347 g/mol. The summed E-state index contributed by atoms with van der Waals surface area (Å²) in [6.45, 7) is 4.75. The molecule has 0 aliphatic carbocycles. The molecule has 1 aromatic heterocycles. The van der Waals surface area contributed by atoms with Crippen molar-refractivity contribution in [1.29, 1.82) is 0 Å². The second-order valence-corrected chi connectivity index (χ2v) is 6.21. The molecule has 0 saturated carbocycles. The van der Waals surface area contributed by atoms with E-state index in [4.69, 9.17) is 16.3 Å². The first kappa shape index (κ1) is 16.6. The Morgan fingerprint density at radius 3 is 2.62 bits per heavy atom. The van der Waals surface area contributed by atoms with Gasteiger partial charge in [0.2, 0.25) is 0 Å². The molecule has 6 heteroatoms. The number of nitrogens with zero attached hydrogens (tertiary/aromatic N) is 2. The van der Waals surface area contributed by atoms with E-state index in [0.29, 0.717) is 23.9 Å². The number of rotatable bonds is 4. The van der Waals surface area contributed by atoms with Crippen molar-refractivity contribution < 1.29 is 14.5 Å². The lowest BCUT2D eigenvalue weighted by molar-refractivity contribution is -0.364. The minimum Gasteiger partial charge on any atom is -0.481 e. The Labute approximate surface area is 146 Å². The fourth-order valence-corrected chi connectivity index (χ4v) is 2.98. The van der Waals surface area contributed by atoms with E-state index in [1.165, 1.54) is 0 Å². The maximum Gasteiger partial charge on any atom is 0.274 e. The summed E-state index contributed by atoms with van der Waals surface area (Å²) < 4.78 is 5.73. The minimum atomic E-state index is -0.529. The molecular weight excluding hydrogens is 326 g/mol. The number of halogens is 1. The van der Waals surface area contributed by atoms with Gasteiger partial charge in [-0.05, 0) is 31.2 Å². The largest absolute Gasteiger partial charge is 0.481 e. The predicted molar refractivity (Wildman–Crippen MR) is 93.3 cm³/mol. The Bertz CT molecular complexity index is 688. The van der Waals surface area contributed by atoms with E-state index in [1.54, 1.807) is 25.1 Å². The predicted octanol–water partition coefficient (Wildman–Crippen LogP) is 2.27. The van der Waals surface area contributed by atoms with Crippen LogP contribution in [0, 0.1) is 0 Å². The lowest BCUT2D eigenvalue weighted by Gasteiger charge is -2.32. The smallest absolute Gasteiger partial charge is 0.274 e. The number of carbonyl (C=O) groups excluding carboxylic acids is 1. The van der Waals surface area contributed by atoms with Gasteiger partial charge in [-0.1, -0.05) is 23.7 Å². The summed E-state index contributed by atoms with van der Waals surface area (Å²) in [4.78, 5) is 19.9. The highest BCUT2D eigenvalue weighted by Gasteiger charge is 2.29. The fraction of sp³-hybridized carbons (Fsp3) is 0.333. The molecule has 1 aliphatic rings. The molecule has 1 aromatic carbocycles. The number of piperazine rings is 1. The Balaban J connectivity index is 1.55. The van der Waals surface area contributed by atoms with E-state index in [-0.39, 0.29) is 5.91 Å². The number of carbonyl (C=O) groups is 1. The van der Waals surface area contributed by atoms with Crippen LogP contribution in [0.1, 0.15) is 6.92 Å². The summed E-state index contributed by atoms with van der Waals surface area (Å²) in [6.07, 6.45) is 1.38. The van der Waals surface area contributed by atoms with Crippen molar-refractivity contribution in [3.63, 3.8) is 0 Å². The molecule has 1 N–H and O–H groups in total. The van der Waals surface area contributed by atoms with Crippen LogP contribution < -0.4 is 14.6 Å². The number of anilines is 1. The van der Waals surface area contributed by atoms with Crippen LogP contribution in [-0.2, 0) is 4.79 Å². The number of aromatic nitrogens is 1. The zero-order chi connectivity index (χ0) is 16.9. The zero-order valence-electron chi connectivity index (χ0n) is 13.6. The lowest BCUT2D eigenvalue weighted by atomic mass is 10.2. The van der Waals surface area contributed by atoms with Crippen LogP contribution in [0.2, 0.25) is 5.02 Å². The van der Waals surface area contributed by atoms with Crippen molar-refractivity contribution in [1.82, 2.24) is 4.90 Å². The summed E-state index contributed by atoms with van der Waals surface area (Å²) in [5.74, 6) is 1.69. The number of aromatic amines is 1. The van der Waals surface area contributed by atoms with E-state index in [0.717, 1.165) is 18.9 Å². The Kier molecular flexibility index (Phi) is 5.20. The second-order valence-electron chi connectivity index (χ2n) is 5.78. The van der Waals surface area contributed by atoms with Gasteiger partial charge < -0.3 is 9.64 Å². The standard InChI is InChI=1S/C18H20ClN3O2/c1-14(24-16-6-4-5-15(19)13-16)18(23)22-11-9-21(10-12-22)17-7-2-3-8-20-17/h2-8,13-14H,9-12H2,1H3/p+1/t14-/m0/s1. The third kappa shape index (κ3) is 3.97. The van der Waals surface area contributed by atoms with Crippen LogP contribution in [0.15, 0.2) is 48.7 Å². The van der Waals surface area contributed by atoms with E-state index >= 15 is 0 Å². The van der Waals surface area contributed by atoms with Crippen molar-refractivity contribution in [2.45, 2.75) is 13.0 Å². The maximum absolute atomic E-state index is 12.6. The summed E-state index contributed by atoms with van der Waals surface area (Å²) in [7, 11) is 0. The van der Waals surface area contributed by atoms with Gasteiger partial charge in [0.1, 0.15) is 18.8 Å². The number of hydrogen-bond donors (Lipinski definition) is 0. The monoisotopic (exact) mass is 346 g/mol. The van der Waals surface area contributed by atoms with Gasteiger partial charge >= 0.3 is 0 Å². The molecule has 24 heavy (non-hydrogen) atoms. The molecule has 5 nitrogen and oxygen atoms in total. The van der Waals surface area contributed by atoms with Gasteiger partial charge in [-0.3, -0.25) is 9.69 Å². The second kappa shape index (κ2) is 7.53. The summed E-state index contributed by atoms with van der Waals surface area (Å²) in [5.41, 5.74) is 0. The molecule has 2 heterocycles. The van der Waals surface area contributed by atoms with Crippen LogP contribution in [0.3, 0.4) is 0 Å². The van der Waals surface area contributed by atoms with Crippen molar-refractivity contribution in [2.75, 3.05) is 31.1 Å². The highest BCUT2D eigenvalue weighted by atomic mass is 35.5. The van der Waals surface area contributed by atoms with Crippen LogP contribution in [-0.4, -0.2) is 43.1 Å². The minimum absolute atomic E-state index is 0.00617. The van der Waals surface area contributed by atoms with Crippen LogP contribution in [0.5, 0.6) is 5.75 Å². The molecule has 0 unspecified atom stereocenters. The average Bonchev–Trinajstić information content (AvgIpc) is 2.62. The zero-order valence-corrected chi connectivity index (χ0v) is 14.4. The molecule has 126 valence electrons. The van der Waals surface area contributed by atoms with Crippen molar-refractivity contribution in [3.8, 4) is 5.75 Å². The third-order valence-corrected chi connectivity index (χ3v) is 4.32. The van der Waals surface area contributed by atoms with Gasteiger partial charge in [0.05, 0.1) is 19.3 Å². The molecule has 1 amide bonds. The molecule has 3 rings (SSSR count). The molecular formula is C18H21ClN3O2+. The van der Waals surface area contributed by atoms with Gasteiger partial charge in [-0.2, -0.15) is 0 Å². The molecule has 1 atom stereocenters. The Morgan fingerprint density at radius 1 is 1.17 bits per heavy atom. The van der Waals surface area contributed by atoms with Gasteiger partial charge in [-0.15, -0.1) is 0 Å². The normalized spacial score (nSPS) is 15.9. The molecule has 1 fully saturated rings. The van der Waals surface area contributed by atoms with Gasteiger partial charge in [0.15, 0.2) is 6.10 Å². The summed E-state index contributed by atoms with van der Waals surface area (Å²) in [5, 5.41) is 0.597. The molecule has 0 spiro atoms. The van der Waals surface area contributed by atoms with Gasteiger partial charge in [0, 0.05) is 11.1 Å². The SMILES string of the molecule is C[C@H](Oc1cccc(Cl)c1)C(=O)N1CCN(c2cccc[nH+]2)CC1. The number of amides is 1. The lowest BCUT2D eigenvalue weighted by Crippen LogP contribution is -2.52. The molecule has 2 aromatic rings. The van der Waals surface area contributed by atoms with Crippen LogP contribution >= 0.6 is 11.6 Å². The Morgan fingerprint density at radius 2 is 1.96 bits per heavy atom.